The van der Waals surface area contributed by atoms with Crippen LogP contribution in [-0.4, -0.2) is 17.5 Å². The van der Waals surface area contributed by atoms with Gasteiger partial charge >= 0.3 is 0 Å². The van der Waals surface area contributed by atoms with E-state index in [0.29, 0.717) is 11.3 Å². The van der Waals surface area contributed by atoms with E-state index in [1.807, 2.05) is 31.2 Å². The van der Waals surface area contributed by atoms with Gasteiger partial charge in [-0.1, -0.05) is 37.6 Å². The summed E-state index contributed by atoms with van der Waals surface area (Å²) in [6, 6.07) is 7.32. The van der Waals surface area contributed by atoms with E-state index < -0.39 is 0 Å². The maximum Gasteiger partial charge on any atom is 0.277 e. The summed E-state index contributed by atoms with van der Waals surface area (Å²) in [6.07, 6.45) is 7.27. The minimum absolute atomic E-state index is 0.0520. The highest BCUT2D eigenvalue weighted by Gasteiger charge is 2.27. The summed E-state index contributed by atoms with van der Waals surface area (Å²) in [6.45, 7) is 6.11. The van der Waals surface area contributed by atoms with Crippen LogP contribution in [0.4, 0.5) is 0 Å². The average molecular weight is 320 g/mol. The topological polar surface area (TPSA) is 58.5 Å². The Balaban J connectivity index is 1.87. The predicted molar refractivity (Wildman–Crippen MR) is 94.7 cm³/mol. The van der Waals surface area contributed by atoms with Crippen LogP contribution >= 0.6 is 0 Å². The molecule has 1 atom stereocenters. The number of aryl methyl sites for hydroxylation is 1. The molecule has 0 radical (unpaired) electrons. The molecule has 0 aromatic heterocycles. The van der Waals surface area contributed by atoms with Crippen molar-refractivity contribution in [3.63, 3.8) is 0 Å². The first-order chi connectivity index (χ1) is 11.4. The second kappa shape index (κ2) is 6.40. The van der Waals surface area contributed by atoms with E-state index in [0.717, 1.165) is 16.8 Å². The number of allylic oxidation sites excluding steroid dienone is 3. The maximum atomic E-state index is 12.3. The zero-order valence-electron chi connectivity index (χ0n) is 14.0. The number of carbonyl (C=O) groups is 2. The Morgan fingerprint density at radius 3 is 2.54 bits per heavy atom. The smallest absolute Gasteiger partial charge is 0.277 e. The third-order valence-corrected chi connectivity index (χ3v) is 4.22. The minimum atomic E-state index is -0.285. The van der Waals surface area contributed by atoms with Crippen molar-refractivity contribution in [2.24, 2.45) is 16.8 Å². The van der Waals surface area contributed by atoms with Crippen LogP contribution in [0.25, 0.3) is 0 Å². The van der Waals surface area contributed by atoms with Gasteiger partial charge in [-0.2, -0.15) is 0 Å². The predicted octanol–water partition coefficient (Wildman–Crippen LogP) is 3.36. The van der Waals surface area contributed by atoms with Gasteiger partial charge in [0.2, 0.25) is 5.91 Å². The van der Waals surface area contributed by atoms with Crippen molar-refractivity contribution in [1.29, 1.82) is 0 Å². The molecule has 1 aliphatic heterocycles. The summed E-state index contributed by atoms with van der Waals surface area (Å²) in [5.41, 5.74) is 4.06. The van der Waals surface area contributed by atoms with Crippen molar-refractivity contribution >= 4 is 17.5 Å². The molecule has 4 heteroatoms. The highest BCUT2D eigenvalue weighted by Crippen LogP contribution is 2.31. The fourth-order valence-electron chi connectivity index (χ4n) is 2.89. The average Bonchev–Trinajstić information content (AvgIpc) is 2.54. The number of amides is 2. The summed E-state index contributed by atoms with van der Waals surface area (Å²) < 4.78 is 0. The van der Waals surface area contributed by atoms with Gasteiger partial charge in [0.15, 0.2) is 0 Å². The highest BCUT2D eigenvalue weighted by atomic mass is 16.2. The number of nitrogens with one attached hydrogen (secondary N) is 1. The normalized spacial score (nSPS) is 21.2. The van der Waals surface area contributed by atoms with Gasteiger partial charge in [0.1, 0.15) is 0 Å². The lowest BCUT2D eigenvalue weighted by molar-refractivity contribution is -0.116. The zero-order valence-corrected chi connectivity index (χ0v) is 14.0. The quantitative estimate of drug-likeness (QED) is 0.908. The summed E-state index contributed by atoms with van der Waals surface area (Å²) >= 11 is 0. The summed E-state index contributed by atoms with van der Waals surface area (Å²) in [4.78, 5) is 28.3. The van der Waals surface area contributed by atoms with Gasteiger partial charge in [-0.25, -0.2) is 4.99 Å². The molecule has 1 heterocycles. The molecule has 1 unspecified atom stereocenters. The first kappa shape index (κ1) is 16.1. The molecule has 0 fully saturated rings. The van der Waals surface area contributed by atoms with Crippen molar-refractivity contribution in [3.05, 3.63) is 71.0 Å². The van der Waals surface area contributed by atoms with E-state index in [4.69, 9.17) is 0 Å². The summed E-state index contributed by atoms with van der Waals surface area (Å²) in [5.74, 6) is -0.0784. The van der Waals surface area contributed by atoms with Crippen LogP contribution < -0.4 is 5.32 Å². The Labute approximate surface area is 141 Å². The largest absolute Gasteiger partial charge is 0.325 e. The van der Waals surface area contributed by atoms with Crippen LogP contribution in [0.3, 0.4) is 0 Å². The van der Waals surface area contributed by atoms with Gasteiger partial charge in [-0.3, -0.25) is 9.59 Å². The molecule has 2 amide bonds. The molecule has 4 nitrogen and oxygen atoms in total. The Kier molecular flexibility index (Phi) is 4.30. The van der Waals surface area contributed by atoms with Gasteiger partial charge in [0.25, 0.3) is 5.91 Å². The number of carbonyl (C=O) groups excluding carboxylic acids is 2. The van der Waals surface area contributed by atoms with Gasteiger partial charge in [-0.05, 0) is 42.7 Å². The number of rotatable bonds is 2. The minimum Gasteiger partial charge on any atom is -0.325 e. The molecule has 1 N–H and O–H groups in total. The summed E-state index contributed by atoms with van der Waals surface area (Å²) in [7, 11) is 0. The lowest BCUT2D eigenvalue weighted by Crippen LogP contribution is -2.34. The molecule has 3 rings (SSSR count). The van der Waals surface area contributed by atoms with E-state index in [1.54, 1.807) is 24.3 Å². The van der Waals surface area contributed by atoms with Crippen LogP contribution in [0.2, 0.25) is 0 Å². The molecular weight excluding hydrogens is 300 g/mol. The lowest BCUT2D eigenvalue weighted by Gasteiger charge is -2.29. The monoisotopic (exact) mass is 320 g/mol. The molecule has 122 valence electrons. The van der Waals surface area contributed by atoms with E-state index >= 15 is 0 Å². The molecule has 24 heavy (non-hydrogen) atoms. The SMILES string of the molecule is Cc1ccc(C(=O)N=C2C=CC3C(=C2)NC(=O)C=C3C(C)C)cc1. The van der Waals surface area contributed by atoms with Crippen molar-refractivity contribution in [3.8, 4) is 0 Å². The van der Waals surface area contributed by atoms with Gasteiger partial charge in [-0.15, -0.1) is 0 Å². The van der Waals surface area contributed by atoms with Crippen molar-refractivity contribution < 1.29 is 9.59 Å². The van der Waals surface area contributed by atoms with Crippen molar-refractivity contribution in [2.45, 2.75) is 20.8 Å². The standard InChI is InChI=1S/C20H20N2O2/c1-12(2)17-11-19(23)22-18-10-15(8-9-16(17)18)21-20(24)14-6-4-13(3)5-7-14/h4-12,16H,1-3H3,(H,22,23). The first-order valence-corrected chi connectivity index (χ1v) is 8.06. The third kappa shape index (κ3) is 3.27. The van der Waals surface area contributed by atoms with Crippen molar-refractivity contribution in [1.82, 2.24) is 5.32 Å². The maximum absolute atomic E-state index is 12.3. The molecule has 0 bridgehead atoms. The molecule has 1 aromatic carbocycles. The fourth-order valence-corrected chi connectivity index (χ4v) is 2.89. The first-order valence-electron chi connectivity index (χ1n) is 8.06. The number of aliphatic imine (C=N–C) groups is 1. The third-order valence-electron chi connectivity index (χ3n) is 4.22. The van der Waals surface area contributed by atoms with E-state index in [1.165, 1.54) is 0 Å². The highest BCUT2D eigenvalue weighted by molar-refractivity contribution is 6.14. The lowest BCUT2D eigenvalue weighted by atomic mass is 9.82. The van der Waals surface area contributed by atoms with E-state index in [-0.39, 0.29) is 23.7 Å². The van der Waals surface area contributed by atoms with Gasteiger partial charge in [0, 0.05) is 23.3 Å². The van der Waals surface area contributed by atoms with Crippen LogP contribution in [0.1, 0.15) is 29.8 Å². The van der Waals surface area contributed by atoms with E-state index in [2.05, 4.69) is 24.2 Å². The Hall–Kier alpha value is -2.75. The number of benzene rings is 1. The molecular formula is C20H20N2O2. The molecule has 0 spiro atoms. The van der Waals surface area contributed by atoms with Crippen LogP contribution in [0.15, 0.2) is 64.8 Å². The number of hydrogen-bond donors (Lipinski definition) is 1. The summed E-state index contributed by atoms with van der Waals surface area (Å²) in [5, 5.41) is 2.86. The van der Waals surface area contributed by atoms with E-state index in [9.17, 15) is 9.59 Å². The molecule has 2 aliphatic rings. The number of fused-ring (bicyclic) bond motifs is 1. The zero-order chi connectivity index (χ0) is 17.3. The van der Waals surface area contributed by atoms with Gasteiger partial charge in [0.05, 0.1) is 5.71 Å². The second-order valence-corrected chi connectivity index (χ2v) is 6.43. The second-order valence-electron chi connectivity index (χ2n) is 6.43. The Bertz CT molecular complexity index is 809. The van der Waals surface area contributed by atoms with Gasteiger partial charge < -0.3 is 5.32 Å². The van der Waals surface area contributed by atoms with Crippen molar-refractivity contribution in [2.75, 3.05) is 0 Å². The Morgan fingerprint density at radius 1 is 1.17 bits per heavy atom. The molecule has 1 aromatic rings. The molecule has 0 saturated carbocycles. The van der Waals surface area contributed by atoms with Crippen LogP contribution in [-0.2, 0) is 4.79 Å². The van der Waals surface area contributed by atoms with Crippen LogP contribution in [0.5, 0.6) is 0 Å². The molecule has 1 aliphatic carbocycles. The Morgan fingerprint density at radius 2 is 1.88 bits per heavy atom. The number of hydrogen-bond acceptors (Lipinski definition) is 2. The molecule has 0 saturated heterocycles. The fraction of sp³-hybridized carbons (Fsp3) is 0.250. The number of nitrogens with zero attached hydrogens (tertiary/aromatic N) is 1. The van der Waals surface area contributed by atoms with Crippen LogP contribution in [0, 0.1) is 18.8 Å².